The smallest absolute Gasteiger partial charge is 0.229 e. The molecule has 0 bridgehead atoms. The van der Waals surface area contributed by atoms with E-state index < -0.39 is 18.1 Å². The highest BCUT2D eigenvalue weighted by atomic mass is 28.4. The zero-order valence-electron chi connectivity index (χ0n) is 34.7. The highest BCUT2D eigenvalue weighted by Crippen LogP contribution is 2.22. The summed E-state index contributed by atoms with van der Waals surface area (Å²) in [5.41, 5.74) is 18.1. The second kappa shape index (κ2) is 19.4. The summed E-state index contributed by atoms with van der Waals surface area (Å²) in [6, 6.07) is 20.3. The van der Waals surface area contributed by atoms with Gasteiger partial charge in [0.15, 0.2) is 0 Å². The van der Waals surface area contributed by atoms with E-state index in [0.29, 0.717) is 0 Å². The molecular weight excluding hydrogens is 649 g/mol. The molecule has 0 fully saturated rings. The lowest BCUT2D eigenvalue weighted by molar-refractivity contribution is 0.629. The summed E-state index contributed by atoms with van der Waals surface area (Å²) in [6.07, 6.45) is 12.6. The summed E-state index contributed by atoms with van der Waals surface area (Å²) in [5, 5.41) is 6.36. The molecular formula is C48H70OSi2. The first-order valence-electron chi connectivity index (χ1n) is 21.0. The van der Waals surface area contributed by atoms with Crippen LogP contribution in [0.1, 0.15) is 150 Å². The first kappa shape index (κ1) is 41.0. The highest BCUT2D eigenvalue weighted by molar-refractivity contribution is 6.93. The quantitative estimate of drug-likeness (QED) is 0.0935. The molecule has 4 aromatic rings. The van der Waals surface area contributed by atoms with Crippen molar-refractivity contribution < 1.29 is 4.12 Å². The maximum absolute atomic E-state index is 8.51. The van der Waals surface area contributed by atoms with E-state index in [0.717, 1.165) is 77.0 Å². The molecule has 51 heavy (non-hydrogen) atoms. The third-order valence-corrected chi connectivity index (χ3v) is 18.9. The molecule has 0 heterocycles. The van der Waals surface area contributed by atoms with Crippen molar-refractivity contribution in [1.82, 2.24) is 0 Å². The van der Waals surface area contributed by atoms with Gasteiger partial charge in [-0.3, -0.25) is 0 Å². The Morgan fingerprint density at radius 2 is 0.431 bits per heavy atom. The Bertz CT molecular complexity index is 1410. The molecule has 0 amide bonds. The van der Waals surface area contributed by atoms with Gasteiger partial charge in [-0.2, -0.15) is 0 Å². The summed E-state index contributed by atoms with van der Waals surface area (Å²) in [6.45, 7) is 28.3. The van der Waals surface area contributed by atoms with Gasteiger partial charge in [0.1, 0.15) is 0 Å². The van der Waals surface area contributed by atoms with Gasteiger partial charge >= 0.3 is 0 Å². The van der Waals surface area contributed by atoms with Crippen LogP contribution in [0.3, 0.4) is 0 Å². The summed E-state index contributed by atoms with van der Waals surface area (Å²) >= 11 is 0. The third-order valence-electron chi connectivity index (χ3n) is 11.6. The van der Waals surface area contributed by atoms with Crippen LogP contribution in [0.5, 0.6) is 0 Å². The van der Waals surface area contributed by atoms with Gasteiger partial charge in [-0.1, -0.05) is 132 Å². The fourth-order valence-corrected chi connectivity index (χ4v) is 17.4. The van der Waals surface area contributed by atoms with Crippen LogP contribution in [0, 0.1) is 0 Å². The van der Waals surface area contributed by atoms with E-state index in [-0.39, 0.29) is 0 Å². The maximum Gasteiger partial charge on any atom is 0.229 e. The molecule has 0 aliphatic carbocycles. The van der Waals surface area contributed by atoms with Gasteiger partial charge in [-0.15, -0.1) is 0 Å². The molecule has 0 aliphatic rings. The van der Waals surface area contributed by atoms with Crippen LogP contribution in [-0.2, 0) is 81.2 Å². The van der Waals surface area contributed by atoms with Crippen molar-refractivity contribution in [3.63, 3.8) is 0 Å². The minimum atomic E-state index is -2.24. The zero-order chi connectivity index (χ0) is 37.2. The van der Waals surface area contributed by atoms with Gasteiger partial charge in [-0.05, 0) is 165 Å². The lowest BCUT2D eigenvalue weighted by atomic mass is 10.0. The van der Waals surface area contributed by atoms with Crippen LogP contribution < -0.4 is 20.7 Å². The standard InChI is InChI=1S/C48H70OSi2/c1-13-33-25-37(17-5)45(38(18-6)26-33)50(46-39(19-7)27-34(14-2)28-40(46)20-8)49-51(47-41(21-9)29-35(15-3)30-42(47)22-10)48-43(23-11)31-36(16-4)32-44(48)24-12/h25-32,50-51H,13-24H2,1-12H3. The molecule has 3 heteroatoms. The normalized spacial score (nSPS) is 11.7. The first-order valence-corrected chi connectivity index (χ1v) is 24.2. The van der Waals surface area contributed by atoms with E-state index in [1.165, 1.54) is 66.8 Å². The van der Waals surface area contributed by atoms with Crippen molar-refractivity contribution in [2.45, 2.75) is 160 Å². The SMILES string of the molecule is CCc1cc(CC)c([SiH](O[SiH](c2c(CC)cc(CC)cc2CC)c2c(CC)cc(CC)cc2CC)c2c(CC)cc(CC)cc2CC)c(CC)c1. The molecule has 0 atom stereocenters. The topological polar surface area (TPSA) is 9.23 Å². The van der Waals surface area contributed by atoms with Gasteiger partial charge in [0.2, 0.25) is 18.1 Å². The second-order valence-electron chi connectivity index (χ2n) is 14.4. The summed E-state index contributed by atoms with van der Waals surface area (Å²) in [7, 11) is -4.49. The van der Waals surface area contributed by atoms with Gasteiger partial charge in [0.05, 0.1) is 0 Å². The first-order chi connectivity index (χ1) is 24.7. The van der Waals surface area contributed by atoms with Crippen LogP contribution in [0.25, 0.3) is 0 Å². The van der Waals surface area contributed by atoms with Crippen LogP contribution in [0.15, 0.2) is 48.5 Å². The van der Waals surface area contributed by atoms with Gasteiger partial charge < -0.3 is 4.12 Å². The average Bonchev–Trinajstić information content (AvgIpc) is 3.19. The molecule has 0 saturated carbocycles. The van der Waals surface area contributed by atoms with Crippen LogP contribution in [-0.4, -0.2) is 18.1 Å². The molecule has 0 saturated heterocycles. The van der Waals surface area contributed by atoms with Gasteiger partial charge in [0, 0.05) is 0 Å². The third kappa shape index (κ3) is 8.74. The van der Waals surface area contributed by atoms with Crippen molar-refractivity contribution >= 4 is 38.8 Å². The second-order valence-corrected chi connectivity index (χ2v) is 19.4. The number of aryl methyl sites for hydroxylation is 12. The Balaban J connectivity index is 2.25. The van der Waals surface area contributed by atoms with E-state index >= 15 is 0 Å². The van der Waals surface area contributed by atoms with Crippen molar-refractivity contribution in [3.05, 3.63) is 115 Å². The number of benzene rings is 4. The fourth-order valence-electron chi connectivity index (χ4n) is 8.60. The predicted octanol–water partition coefficient (Wildman–Crippen LogP) is 8.83. The van der Waals surface area contributed by atoms with Crippen LogP contribution in [0.4, 0.5) is 0 Å². The van der Waals surface area contributed by atoms with E-state index in [9.17, 15) is 0 Å². The molecule has 0 N–H and O–H groups in total. The van der Waals surface area contributed by atoms with Crippen LogP contribution in [0.2, 0.25) is 0 Å². The molecule has 0 radical (unpaired) electrons. The van der Waals surface area contributed by atoms with Crippen molar-refractivity contribution in [3.8, 4) is 0 Å². The van der Waals surface area contributed by atoms with Gasteiger partial charge in [0.25, 0.3) is 0 Å². The van der Waals surface area contributed by atoms with E-state index in [2.05, 4.69) is 132 Å². The highest BCUT2D eigenvalue weighted by Gasteiger charge is 2.36. The summed E-state index contributed by atoms with van der Waals surface area (Å²) in [4.78, 5) is 0. The number of hydrogen-bond acceptors (Lipinski definition) is 1. The molecule has 0 unspecified atom stereocenters. The Morgan fingerprint density at radius 1 is 0.275 bits per heavy atom. The Kier molecular flexibility index (Phi) is 15.6. The minimum Gasteiger partial charge on any atom is -0.446 e. The molecule has 1 nitrogen and oxygen atoms in total. The Labute approximate surface area is 317 Å². The molecule has 0 aliphatic heterocycles. The van der Waals surface area contributed by atoms with E-state index in [1.54, 1.807) is 20.7 Å². The lowest BCUT2D eigenvalue weighted by Crippen LogP contribution is -2.61. The largest absolute Gasteiger partial charge is 0.446 e. The average molecular weight is 719 g/mol. The van der Waals surface area contributed by atoms with Crippen molar-refractivity contribution in [2.75, 3.05) is 0 Å². The maximum atomic E-state index is 8.51. The van der Waals surface area contributed by atoms with Crippen molar-refractivity contribution in [2.24, 2.45) is 0 Å². The molecule has 4 aromatic carbocycles. The molecule has 4 rings (SSSR count). The Hall–Kier alpha value is -2.73. The van der Waals surface area contributed by atoms with E-state index in [1.807, 2.05) is 0 Å². The zero-order valence-corrected chi connectivity index (χ0v) is 37.0. The van der Waals surface area contributed by atoms with Crippen LogP contribution >= 0.6 is 0 Å². The van der Waals surface area contributed by atoms with Gasteiger partial charge in [-0.25, -0.2) is 0 Å². The molecule has 276 valence electrons. The lowest BCUT2D eigenvalue weighted by Gasteiger charge is -2.34. The number of hydrogen-bond donors (Lipinski definition) is 0. The van der Waals surface area contributed by atoms with E-state index in [4.69, 9.17) is 4.12 Å². The number of rotatable bonds is 18. The molecule has 0 aromatic heterocycles. The minimum absolute atomic E-state index is 1.04. The predicted molar refractivity (Wildman–Crippen MR) is 232 cm³/mol. The monoisotopic (exact) mass is 718 g/mol. The Morgan fingerprint density at radius 3 is 0.549 bits per heavy atom. The fraction of sp³-hybridized carbons (Fsp3) is 0.500. The van der Waals surface area contributed by atoms with Crippen molar-refractivity contribution in [1.29, 1.82) is 0 Å². The summed E-state index contributed by atoms with van der Waals surface area (Å²) < 4.78 is 8.51. The molecule has 0 spiro atoms. The summed E-state index contributed by atoms with van der Waals surface area (Å²) in [5.74, 6) is 0.